The van der Waals surface area contributed by atoms with E-state index < -0.39 is 5.97 Å². The van der Waals surface area contributed by atoms with Crippen LogP contribution in [0, 0.1) is 0 Å². The quantitative estimate of drug-likeness (QED) is 0.571. The zero-order valence-electron chi connectivity index (χ0n) is 15.8. The molecule has 1 N–H and O–H groups in total. The second kappa shape index (κ2) is 6.70. The van der Waals surface area contributed by atoms with Crippen molar-refractivity contribution in [2.75, 3.05) is 0 Å². The van der Waals surface area contributed by atoms with Crippen LogP contribution in [0.5, 0.6) is 0 Å². The molecule has 26 heavy (non-hydrogen) atoms. The lowest BCUT2D eigenvalue weighted by molar-refractivity contribution is 0.0697. The average molecular weight is 413 g/mol. The first-order chi connectivity index (χ1) is 12.1. The van der Waals surface area contributed by atoms with E-state index in [1.807, 2.05) is 18.2 Å². The highest BCUT2D eigenvalue weighted by Gasteiger charge is 2.37. The molecule has 1 aliphatic carbocycles. The Hall–Kier alpha value is -1.87. The summed E-state index contributed by atoms with van der Waals surface area (Å²) in [5.41, 5.74) is 5.68. The number of carboxylic acid groups (broad SMARTS) is 1. The average Bonchev–Trinajstić information content (AvgIpc) is 2.58. The lowest BCUT2D eigenvalue weighted by atomic mass is 9.63. The summed E-state index contributed by atoms with van der Waals surface area (Å²) < 4.78 is 1.10. The van der Waals surface area contributed by atoms with E-state index in [0.717, 1.165) is 15.6 Å². The molecule has 2 aromatic rings. The van der Waals surface area contributed by atoms with E-state index in [2.05, 4.69) is 61.8 Å². The first-order valence-electron chi connectivity index (χ1n) is 8.96. The van der Waals surface area contributed by atoms with Gasteiger partial charge in [0.05, 0.1) is 5.56 Å². The molecule has 0 saturated heterocycles. The van der Waals surface area contributed by atoms with Gasteiger partial charge in [0.25, 0.3) is 0 Å². The molecule has 0 radical (unpaired) electrons. The zero-order valence-corrected chi connectivity index (χ0v) is 17.4. The smallest absolute Gasteiger partial charge is 0.335 e. The van der Waals surface area contributed by atoms with Gasteiger partial charge in [0.1, 0.15) is 0 Å². The minimum absolute atomic E-state index is 0.178. The third-order valence-electron chi connectivity index (χ3n) is 5.58. The first-order valence-corrected chi connectivity index (χ1v) is 9.75. The second-order valence-electron chi connectivity index (χ2n) is 8.45. The fourth-order valence-electron chi connectivity index (χ4n) is 3.65. The second-order valence-corrected chi connectivity index (χ2v) is 9.30. The SMILES string of the molecule is CC1(C)CCC(C)(C)c2cc(C=Cc3ccc(C(=O)O)cc3)c(Br)cc21. The van der Waals surface area contributed by atoms with Crippen molar-refractivity contribution in [3.63, 3.8) is 0 Å². The number of benzene rings is 2. The highest BCUT2D eigenvalue weighted by Crippen LogP contribution is 2.47. The van der Waals surface area contributed by atoms with Crippen LogP contribution in [0.1, 0.15) is 73.1 Å². The predicted octanol–water partition coefficient (Wildman–Crippen LogP) is 6.67. The van der Waals surface area contributed by atoms with Crippen LogP contribution in [0.15, 0.2) is 40.9 Å². The Balaban J connectivity index is 1.97. The summed E-state index contributed by atoms with van der Waals surface area (Å²) in [6.45, 7) is 9.31. The van der Waals surface area contributed by atoms with Gasteiger partial charge in [0, 0.05) is 4.47 Å². The largest absolute Gasteiger partial charge is 0.478 e. The van der Waals surface area contributed by atoms with Crippen LogP contribution in [-0.2, 0) is 10.8 Å². The molecule has 1 aliphatic rings. The number of halogens is 1. The van der Waals surface area contributed by atoms with Crippen LogP contribution in [0.3, 0.4) is 0 Å². The number of rotatable bonds is 3. The molecule has 3 rings (SSSR count). The van der Waals surface area contributed by atoms with Gasteiger partial charge >= 0.3 is 5.97 Å². The highest BCUT2D eigenvalue weighted by atomic mass is 79.9. The van der Waals surface area contributed by atoms with Gasteiger partial charge in [-0.2, -0.15) is 0 Å². The molecule has 0 amide bonds. The molecule has 136 valence electrons. The predicted molar refractivity (Wildman–Crippen MR) is 112 cm³/mol. The van der Waals surface area contributed by atoms with E-state index in [4.69, 9.17) is 5.11 Å². The molecule has 0 fully saturated rings. The summed E-state index contributed by atoms with van der Waals surface area (Å²) in [6.07, 6.45) is 6.51. The topological polar surface area (TPSA) is 37.3 Å². The maximum Gasteiger partial charge on any atom is 0.335 e. The monoisotopic (exact) mass is 412 g/mol. The van der Waals surface area contributed by atoms with Crippen LogP contribution in [0.25, 0.3) is 12.2 Å². The molecule has 0 aromatic heterocycles. The normalized spacial score (nSPS) is 17.9. The summed E-state index contributed by atoms with van der Waals surface area (Å²) in [6, 6.07) is 11.5. The third kappa shape index (κ3) is 3.64. The Bertz CT molecular complexity index is 874. The molecule has 0 spiro atoms. The van der Waals surface area contributed by atoms with Gasteiger partial charge in [-0.1, -0.05) is 67.9 Å². The number of carbonyl (C=O) groups is 1. The molecular weight excluding hydrogens is 388 g/mol. The van der Waals surface area contributed by atoms with Crippen LogP contribution >= 0.6 is 15.9 Å². The van der Waals surface area contributed by atoms with Gasteiger partial charge in [-0.15, -0.1) is 0 Å². The lowest BCUT2D eigenvalue weighted by Crippen LogP contribution is -2.33. The molecule has 0 aliphatic heterocycles. The van der Waals surface area contributed by atoms with Crippen molar-refractivity contribution in [2.24, 2.45) is 0 Å². The Kier molecular flexibility index (Phi) is 4.87. The zero-order chi connectivity index (χ0) is 19.1. The van der Waals surface area contributed by atoms with E-state index in [0.29, 0.717) is 5.56 Å². The number of hydrogen-bond acceptors (Lipinski definition) is 1. The molecule has 0 heterocycles. The Labute approximate surface area is 164 Å². The van der Waals surface area contributed by atoms with Crippen molar-refractivity contribution < 1.29 is 9.90 Å². The third-order valence-corrected chi connectivity index (χ3v) is 6.27. The summed E-state index contributed by atoms with van der Waals surface area (Å²) in [7, 11) is 0. The minimum atomic E-state index is -0.900. The van der Waals surface area contributed by atoms with Gasteiger partial charge < -0.3 is 5.11 Å². The molecular formula is C23H25BrO2. The van der Waals surface area contributed by atoms with E-state index in [1.54, 1.807) is 12.1 Å². The van der Waals surface area contributed by atoms with Crippen molar-refractivity contribution in [2.45, 2.75) is 51.4 Å². The van der Waals surface area contributed by atoms with Crippen LogP contribution in [0.2, 0.25) is 0 Å². The lowest BCUT2D eigenvalue weighted by Gasteiger charge is -2.42. The van der Waals surface area contributed by atoms with Gasteiger partial charge in [-0.25, -0.2) is 4.79 Å². The van der Waals surface area contributed by atoms with Crippen molar-refractivity contribution in [1.82, 2.24) is 0 Å². The standard InChI is InChI=1S/C23H25BrO2/c1-22(2)11-12-23(3,4)19-14-20(24)17(13-18(19)22)10-7-15-5-8-16(9-6-15)21(25)26/h5-10,13-14H,11-12H2,1-4H3,(H,25,26). The summed E-state index contributed by atoms with van der Waals surface area (Å²) in [5.74, 6) is -0.900. The van der Waals surface area contributed by atoms with Gasteiger partial charge in [-0.3, -0.25) is 0 Å². The van der Waals surface area contributed by atoms with Gasteiger partial charge in [0.15, 0.2) is 0 Å². The van der Waals surface area contributed by atoms with Gasteiger partial charge in [-0.05, 0) is 70.2 Å². The summed E-state index contributed by atoms with van der Waals surface area (Å²) in [4.78, 5) is 11.0. The van der Waals surface area contributed by atoms with Gasteiger partial charge in [0.2, 0.25) is 0 Å². The number of fused-ring (bicyclic) bond motifs is 1. The van der Waals surface area contributed by atoms with E-state index in [-0.39, 0.29) is 10.8 Å². The molecule has 2 aromatic carbocycles. The highest BCUT2D eigenvalue weighted by molar-refractivity contribution is 9.10. The molecule has 0 atom stereocenters. The van der Waals surface area contributed by atoms with Crippen molar-refractivity contribution in [3.8, 4) is 0 Å². The molecule has 3 heteroatoms. The van der Waals surface area contributed by atoms with Crippen LogP contribution < -0.4 is 0 Å². The van der Waals surface area contributed by atoms with Crippen molar-refractivity contribution >= 4 is 34.1 Å². The molecule has 0 bridgehead atoms. The van der Waals surface area contributed by atoms with Crippen LogP contribution in [-0.4, -0.2) is 11.1 Å². The molecule has 2 nitrogen and oxygen atoms in total. The summed E-state index contributed by atoms with van der Waals surface area (Å²) >= 11 is 3.74. The fourth-order valence-corrected chi connectivity index (χ4v) is 4.13. The van der Waals surface area contributed by atoms with Crippen molar-refractivity contribution in [3.05, 3.63) is 68.7 Å². The van der Waals surface area contributed by atoms with E-state index in [1.165, 1.54) is 24.0 Å². The maximum absolute atomic E-state index is 11.0. The van der Waals surface area contributed by atoms with E-state index >= 15 is 0 Å². The number of hydrogen-bond donors (Lipinski definition) is 1. The Morgan fingerprint density at radius 3 is 2.04 bits per heavy atom. The van der Waals surface area contributed by atoms with Crippen LogP contribution in [0.4, 0.5) is 0 Å². The van der Waals surface area contributed by atoms with E-state index in [9.17, 15) is 4.79 Å². The number of aromatic carboxylic acids is 1. The minimum Gasteiger partial charge on any atom is -0.478 e. The summed E-state index contributed by atoms with van der Waals surface area (Å²) in [5, 5.41) is 9.00. The first kappa shape index (κ1) is 18.9. The number of carboxylic acids is 1. The Morgan fingerprint density at radius 1 is 0.962 bits per heavy atom. The Morgan fingerprint density at radius 2 is 1.50 bits per heavy atom. The molecule has 0 saturated carbocycles. The maximum atomic E-state index is 11.0. The van der Waals surface area contributed by atoms with Crippen molar-refractivity contribution in [1.29, 1.82) is 0 Å². The fraction of sp³-hybridized carbons (Fsp3) is 0.348. The molecule has 0 unspecified atom stereocenters.